The molecule has 0 spiro atoms. The number of likely N-dealkylation sites (N-methyl/N-ethyl adjacent to an activating group) is 1. The molecule has 2 aromatic rings. The smallest absolute Gasteiger partial charge is 0.291 e. The lowest BCUT2D eigenvalue weighted by Gasteiger charge is -2.23. The van der Waals surface area contributed by atoms with Gasteiger partial charge in [0.05, 0.1) is 6.54 Å². The fourth-order valence-electron chi connectivity index (χ4n) is 3.09. The summed E-state index contributed by atoms with van der Waals surface area (Å²) in [5.41, 5.74) is 1.03. The van der Waals surface area contributed by atoms with E-state index in [1.807, 2.05) is 30.3 Å². The van der Waals surface area contributed by atoms with Gasteiger partial charge in [0.1, 0.15) is 12.1 Å². The number of amidine groups is 1. The van der Waals surface area contributed by atoms with Crippen molar-refractivity contribution in [2.24, 2.45) is 10.1 Å². The van der Waals surface area contributed by atoms with Gasteiger partial charge in [0.25, 0.3) is 11.8 Å². The van der Waals surface area contributed by atoms with Crippen LogP contribution in [0.3, 0.4) is 0 Å². The number of carbonyl (C=O) groups is 2. The Balaban J connectivity index is 1.74. The average molecular weight is 408 g/mol. The number of hydrogen-bond donors (Lipinski definition) is 1. The largest absolute Gasteiger partial charge is 0.484 e. The van der Waals surface area contributed by atoms with E-state index < -0.39 is 18.1 Å². The van der Waals surface area contributed by atoms with Crippen LogP contribution in [0.5, 0.6) is 5.75 Å². The van der Waals surface area contributed by atoms with Gasteiger partial charge in [0.2, 0.25) is 5.84 Å². The average Bonchev–Trinajstić information content (AvgIpc) is 2.83. The zero-order valence-electron chi connectivity index (χ0n) is 17.1. The summed E-state index contributed by atoms with van der Waals surface area (Å²) in [6, 6.07) is 12.2. The maximum Gasteiger partial charge on any atom is 0.291 e. The van der Waals surface area contributed by atoms with Crippen molar-refractivity contribution < 1.29 is 14.3 Å². The first-order valence-corrected chi connectivity index (χ1v) is 9.41. The van der Waals surface area contributed by atoms with Gasteiger partial charge in [-0.15, -0.1) is 0 Å². The van der Waals surface area contributed by atoms with Gasteiger partial charge in [-0.1, -0.05) is 30.3 Å². The fraction of sp³-hybridized carbons (Fsp3) is 0.286. The number of aliphatic imine (C=N–C) groups is 1. The van der Waals surface area contributed by atoms with Crippen molar-refractivity contribution >= 4 is 30.2 Å². The van der Waals surface area contributed by atoms with Crippen LogP contribution in [0.4, 0.5) is 5.82 Å². The third kappa shape index (κ3) is 4.62. The third-order valence-electron chi connectivity index (χ3n) is 4.61. The number of aromatic nitrogens is 1. The van der Waals surface area contributed by atoms with Gasteiger partial charge in [-0.2, -0.15) is 5.10 Å². The lowest BCUT2D eigenvalue weighted by atomic mass is 10.1. The van der Waals surface area contributed by atoms with E-state index in [1.54, 1.807) is 44.4 Å². The quantitative estimate of drug-likeness (QED) is 0.469. The molecule has 0 fully saturated rings. The molecule has 0 saturated heterocycles. The molecule has 1 aromatic heterocycles. The molecule has 0 bridgehead atoms. The molecule has 0 radical (unpaired) electrons. The number of pyridine rings is 1. The molecule has 1 aromatic carbocycles. The van der Waals surface area contributed by atoms with Crippen LogP contribution in [0.25, 0.3) is 0 Å². The first-order chi connectivity index (χ1) is 14.4. The summed E-state index contributed by atoms with van der Waals surface area (Å²) in [4.78, 5) is 35.0. The van der Waals surface area contributed by atoms with Gasteiger partial charge < -0.3 is 10.1 Å². The van der Waals surface area contributed by atoms with E-state index >= 15 is 0 Å². The van der Waals surface area contributed by atoms with Crippen LogP contribution in [0.1, 0.15) is 12.5 Å². The number of rotatable bonds is 4. The van der Waals surface area contributed by atoms with Crippen molar-refractivity contribution in [3.05, 3.63) is 54.2 Å². The highest BCUT2D eigenvalue weighted by atomic mass is 16.5. The molecule has 30 heavy (non-hydrogen) atoms. The summed E-state index contributed by atoms with van der Waals surface area (Å²) in [5.74, 6) is -0.253. The molecule has 9 nitrogen and oxygen atoms in total. The number of nitrogens with zero attached hydrogens (tertiary/aromatic N) is 5. The summed E-state index contributed by atoms with van der Waals surface area (Å²) >= 11 is 0. The van der Waals surface area contributed by atoms with Gasteiger partial charge in [-0.05, 0) is 31.3 Å². The van der Waals surface area contributed by atoms with Crippen LogP contribution in [-0.2, 0) is 16.1 Å². The second-order valence-corrected chi connectivity index (χ2v) is 6.88. The molecule has 1 aliphatic heterocycles. The Labute approximate surface area is 175 Å². The summed E-state index contributed by atoms with van der Waals surface area (Å²) < 4.78 is 5.85. The Hall–Kier alpha value is -3.75. The fourth-order valence-corrected chi connectivity index (χ4v) is 3.09. The molecule has 0 unspecified atom stereocenters. The van der Waals surface area contributed by atoms with Gasteiger partial charge in [0.15, 0.2) is 11.6 Å². The third-order valence-corrected chi connectivity index (χ3v) is 4.61. The van der Waals surface area contributed by atoms with E-state index in [0.29, 0.717) is 18.1 Å². The number of fused-ring (bicyclic) bond motifs is 1. The highest BCUT2D eigenvalue weighted by Crippen LogP contribution is 2.29. The molecule has 2 amide bonds. The number of amides is 2. The summed E-state index contributed by atoms with van der Waals surface area (Å²) in [6.45, 7) is 5.63. The van der Waals surface area contributed by atoms with E-state index in [0.717, 1.165) is 5.56 Å². The minimum atomic E-state index is -0.942. The van der Waals surface area contributed by atoms with Crippen molar-refractivity contribution in [3.63, 3.8) is 0 Å². The second-order valence-electron chi connectivity index (χ2n) is 6.88. The normalized spacial score (nSPS) is 18.7. The second kappa shape index (κ2) is 9.17. The number of nitrogens with one attached hydrogen (secondary N) is 1. The van der Waals surface area contributed by atoms with Gasteiger partial charge in [-0.25, -0.2) is 9.98 Å². The van der Waals surface area contributed by atoms with Gasteiger partial charge >= 0.3 is 0 Å². The van der Waals surface area contributed by atoms with Crippen LogP contribution in [0.15, 0.2) is 58.8 Å². The van der Waals surface area contributed by atoms with Crippen LogP contribution in [0, 0.1) is 0 Å². The van der Waals surface area contributed by atoms with Gasteiger partial charge in [0, 0.05) is 20.3 Å². The van der Waals surface area contributed by atoms with E-state index in [9.17, 15) is 9.59 Å². The Morgan fingerprint density at radius 3 is 2.73 bits per heavy atom. The number of benzene rings is 1. The number of anilines is 1. The number of hydrazone groups is 1. The molecule has 1 aliphatic rings. The Morgan fingerprint density at radius 2 is 2.03 bits per heavy atom. The van der Waals surface area contributed by atoms with Crippen molar-refractivity contribution in [2.45, 2.75) is 25.6 Å². The molecular formula is C21H24N6O3. The lowest BCUT2D eigenvalue weighted by Crippen LogP contribution is -2.54. The van der Waals surface area contributed by atoms with Crippen molar-refractivity contribution in [1.29, 1.82) is 0 Å². The highest BCUT2D eigenvalue weighted by molar-refractivity contribution is 6.39. The van der Waals surface area contributed by atoms with Crippen molar-refractivity contribution in [2.75, 3.05) is 19.0 Å². The van der Waals surface area contributed by atoms with E-state index in [1.165, 1.54) is 4.90 Å². The predicted molar refractivity (Wildman–Crippen MR) is 115 cm³/mol. The maximum absolute atomic E-state index is 12.9. The number of hydrogen-bond acceptors (Lipinski definition) is 6. The zero-order valence-corrected chi connectivity index (χ0v) is 17.1. The van der Waals surface area contributed by atoms with Crippen molar-refractivity contribution in [3.8, 4) is 5.75 Å². The monoisotopic (exact) mass is 408 g/mol. The number of ether oxygens (including phenoxy) is 1. The summed E-state index contributed by atoms with van der Waals surface area (Å²) in [7, 11) is 3.31. The SMILES string of the molecule is C=N/C(=N\N(C)Cc1ccccc1)C(=O)N[C@@H]1C(=O)N(C)c2ncccc2O[C@@H]1C. The van der Waals surface area contributed by atoms with Crippen LogP contribution < -0.4 is 15.0 Å². The van der Waals surface area contributed by atoms with Crippen LogP contribution >= 0.6 is 0 Å². The molecule has 9 heteroatoms. The standard InChI is InChI=1S/C21H24N6O3/c1-14-17(21(29)27(4)19-16(30-14)11-8-12-23-19)24-20(28)18(22-2)25-26(3)13-15-9-6-5-7-10-15/h5-12,14,17H,2,13H2,1,3-4H3,(H,24,28)/b25-18-/t14-,17+/m1/s1. The van der Waals surface area contributed by atoms with Crippen LogP contribution in [0.2, 0.25) is 0 Å². The molecule has 156 valence electrons. The van der Waals surface area contributed by atoms with E-state index in [-0.39, 0.29) is 11.7 Å². The maximum atomic E-state index is 12.9. The Morgan fingerprint density at radius 1 is 1.30 bits per heavy atom. The van der Waals surface area contributed by atoms with E-state index in [2.05, 4.69) is 27.1 Å². The summed E-state index contributed by atoms with van der Waals surface area (Å²) in [5, 5.41) is 8.47. The minimum absolute atomic E-state index is 0.143. The molecule has 2 atom stereocenters. The molecule has 0 aliphatic carbocycles. The summed E-state index contributed by atoms with van der Waals surface area (Å²) in [6.07, 6.45) is 0.951. The first-order valence-electron chi connectivity index (χ1n) is 9.41. The lowest BCUT2D eigenvalue weighted by molar-refractivity contribution is -0.126. The molecule has 1 N–H and O–H groups in total. The first kappa shape index (κ1) is 21.0. The topological polar surface area (TPSA) is 99.5 Å². The van der Waals surface area contributed by atoms with Crippen molar-refractivity contribution in [1.82, 2.24) is 15.3 Å². The Kier molecular flexibility index (Phi) is 6.41. The number of carbonyl (C=O) groups excluding carboxylic acids is 2. The molecular weight excluding hydrogens is 384 g/mol. The van der Waals surface area contributed by atoms with E-state index in [4.69, 9.17) is 4.74 Å². The minimum Gasteiger partial charge on any atom is -0.484 e. The van der Waals surface area contributed by atoms with Crippen LogP contribution in [-0.4, -0.2) is 60.6 Å². The zero-order chi connectivity index (χ0) is 21.7. The molecule has 3 rings (SSSR count). The molecule has 0 saturated carbocycles. The molecule has 2 heterocycles. The van der Waals surface area contributed by atoms with Gasteiger partial charge in [-0.3, -0.25) is 19.5 Å². The Bertz CT molecular complexity index is 962. The highest BCUT2D eigenvalue weighted by Gasteiger charge is 2.37. The predicted octanol–water partition coefficient (Wildman–Crippen LogP) is 1.46.